The summed E-state index contributed by atoms with van der Waals surface area (Å²) in [5.41, 5.74) is 1.01. The highest BCUT2D eigenvalue weighted by molar-refractivity contribution is 6.04. The lowest BCUT2D eigenvalue weighted by Crippen LogP contribution is -2.30. The Labute approximate surface area is 133 Å². The number of hydrogen-bond acceptors (Lipinski definition) is 3. The summed E-state index contributed by atoms with van der Waals surface area (Å²) < 4.78 is 5.16. The minimum atomic E-state index is -0.898. The number of anilines is 1. The molecular weight excluding hydrogens is 292 g/mol. The van der Waals surface area contributed by atoms with Gasteiger partial charge in [-0.2, -0.15) is 0 Å². The minimum absolute atomic E-state index is 0.315. The number of ether oxygens (including phenoxy) is 1. The smallest absolute Gasteiger partial charge is 0.355 e. The number of carbonyl (C=O) groups excluding carboxylic acids is 2. The molecule has 0 fully saturated rings. The molecule has 5 nitrogen and oxygen atoms in total. The van der Waals surface area contributed by atoms with Crippen molar-refractivity contribution in [1.82, 2.24) is 4.98 Å². The Morgan fingerprint density at radius 1 is 1.04 bits per heavy atom. The van der Waals surface area contributed by atoms with Gasteiger partial charge in [0.1, 0.15) is 5.69 Å². The van der Waals surface area contributed by atoms with Gasteiger partial charge in [-0.05, 0) is 30.5 Å². The third-order valence-electron chi connectivity index (χ3n) is 3.52. The van der Waals surface area contributed by atoms with E-state index in [0.717, 1.165) is 10.8 Å². The van der Waals surface area contributed by atoms with E-state index < -0.39 is 12.1 Å². The van der Waals surface area contributed by atoms with E-state index in [1.807, 2.05) is 42.5 Å². The van der Waals surface area contributed by atoms with Gasteiger partial charge in [0.15, 0.2) is 6.10 Å². The zero-order valence-corrected chi connectivity index (χ0v) is 12.6. The molecule has 0 saturated heterocycles. The summed E-state index contributed by atoms with van der Waals surface area (Å²) >= 11 is 0. The molecule has 23 heavy (non-hydrogen) atoms. The normalized spacial score (nSPS) is 11.9. The fourth-order valence-corrected chi connectivity index (χ4v) is 2.30. The fourth-order valence-electron chi connectivity index (χ4n) is 2.30. The van der Waals surface area contributed by atoms with E-state index in [9.17, 15) is 9.59 Å². The van der Waals surface area contributed by atoms with Crippen LogP contribution < -0.4 is 5.32 Å². The second-order valence-corrected chi connectivity index (χ2v) is 5.15. The maximum absolute atomic E-state index is 12.3. The van der Waals surface area contributed by atoms with Crippen LogP contribution in [0.15, 0.2) is 60.8 Å². The number of carbonyl (C=O) groups is 2. The van der Waals surface area contributed by atoms with Crippen LogP contribution in [0.3, 0.4) is 0 Å². The zero-order valence-electron chi connectivity index (χ0n) is 12.6. The number of esters is 1. The molecule has 0 aliphatic carbocycles. The predicted molar refractivity (Wildman–Crippen MR) is 88.2 cm³/mol. The van der Waals surface area contributed by atoms with Crippen molar-refractivity contribution in [3.05, 3.63) is 66.5 Å². The monoisotopic (exact) mass is 308 g/mol. The topological polar surface area (TPSA) is 71.2 Å². The first-order chi connectivity index (χ1) is 11.1. The van der Waals surface area contributed by atoms with Gasteiger partial charge in [0.2, 0.25) is 0 Å². The first kappa shape index (κ1) is 14.8. The van der Waals surface area contributed by atoms with E-state index in [1.54, 1.807) is 25.3 Å². The molecule has 0 spiro atoms. The number of fused-ring (bicyclic) bond motifs is 1. The molecule has 0 radical (unpaired) electrons. The van der Waals surface area contributed by atoms with Crippen LogP contribution in [-0.2, 0) is 9.53 Å². The number of aromatic nitrogens is 1. The summed E-state index contributed by atoms with van der Waals surface area (Å²) in [7, 11) is 0. The van der Waals surface area contributed by atoms with Crippen molar-refractivity contribution >= 4 is 28.3 Å². The molecule has 1 atom stereocenters. The Bertz CT molecular complexity index is 835. The van der Waals surface area contributed by atoms with Crippen LogP contribution in [0.2, 0.25) is 0 Å². The third-order valence-corrected chi connectivity index (χ3v) is 3.52. The van der Waals surface area contributed by atoms with Crippen LogP contribution in [0, 0.1) is 0 Å². The van der Waals surface area contributed by atoms with Crippen molar-refractivity contribution in [2.45, 2.75) is 13.0 Å². The molecule has 0 aliphatic rings. The van der Waals surface area contributed by atoms with Gasteiger partial charge in [-0.25, -0.2) is 4.79 Å². The molecule has 2 N–H and O–H groups in total. The molecule has 116 valence electrons. The van der Waals surface area contributed by atoms with Crippen molar-refractivity contribution in [2.24, 2.45) is 0 Å². The first-order valence-corrected chi connectivity index (χ1v) is 7.28. The molecule has 3 aromatic rings. The van der Waals surface area contributed by atoms with Crippen LogP contribution >= 0.6 is 0 Å². The van der Waals surface area contributed by atoms with E-state index in [1.165, 1.54) is 0 Å². The molecule has 0 bridgehead atoms. The van der Waals surface area contributed by atoms with Gasteiger partial charge in [0.05, 0.1) is 0 Å². The van der Waals surface area contributed by atoms with E-state index in [4.69, 9.17) is 4.74 Å². The molecule has 3 rings (SSSR count). The average Bonchev–Trinajstić information content (AvgIpc) is 3.09. The number of aromatic amines is 1. The molecule has 1 aromatic heterocycles. The lowest BCUT2D eigenvalue weighted by Gasteiger charge is -2.14. The first-order valence-electron chi connectivity index (χ1n) is 7.28. The second-order valence-electron chi connectivity index (χ2n) is 5.15. The SMILES string of the molecule is C[C@@H](OC(=O)c1ccc[nH]1)C(=O)Nc1cccc2ccccc12. The van der Waals surface area contributed by atoms with Gasteiger partial charge < -0.3 is 15.0 Å². The maximum Gasteiger partial charge on any atom is 0.355 e. The van der Waals surface area contributed by atoms with Crippen molar-refractivity contribution in [3.63, 3.8) is 0 Å². The van der Waals surface area contributed by atoms with E-state index in [0.29, 0.717) is 11.4 Å². The highest BCUT2D eigenvalue weighted by Gasteiger charge is 2.19. The molecule has 0 unspecified atom stereocenters. The number of amides is 1. The maximum atomic E-state index is 12.3. The summed E-state index contributed by atoms with van der Waals surface area (Å²) in [4.78, 5) is 26.9. The zero-order chi connectivity index (χ0) is 16.2. The number of hydrogen-bond donors (Lipinski definition) is 2. The highest BCUT2D eigenvalue weighted by atomic mass is 16.5. The molecule has 2 aromatic carbocycles. The van der Waals surface area contributed by atoms with Crippen LogP contribution in [0.25, 0.3) is 10.8 Å². The van der Waals surface area contributed by atoms with Gasteiger partial charge in [-0.15, -0.1) is 0 Å². The van der Waals surface area contributed by atoms with E-state index in [2.05, 4.69) is 10.3 Å². The van der Waals surface area contributed by atoms with Crippen LogP contribution in [0.4, 0.5) is 5.69 Å². The quantitative estimate of drug-likeness (QED) is 0.726. The Morgan fingerprint density at radius 3 is 2.61 bits per heavy atom. The molecule has 0 saturated carbocycles. The van der Waals surface area contributed by atoms with Gasteiger partial charge in [0, 0.05) is 17.3 Å². The number of benzene rings is 2. The van der Waals surface area contributed by atoms with Crippen LogP contribution in [0.1, 0.15) is 17.4 Å². The average molecular weight is 308 g/mol. The van der Waals surface area contributed by atoms with Gasteiger partial charge in [0.25, 0.3) is 5.91 Å². The second kappa shape index (κ2) is 6.36. The summed E-state index contributed by atoms with van der Waals surface area (Å²) in [6, 6.07) is 16.7. The summed E-state index contributed by atoms with van der Waals surface area (Å²) in [6.07, 6.45) is 0.724. The lowest BCUT2D eigenvalue weighted by molar-refractivity contribution is -0.123. The van der Waals surface area contributed by atoms with Crippen molar-refractivity contribution in [1.29, 1.82) is 0 Å². The molecule has 5 heteroatoms. The number of nitrogens with one attached hydrogen (secondary N) is 2. The van der Waals surface area contributed by atoms with Crippen molar-refractivity contribution in [3.8, 4) is 0 Å². The Hall–Kier alpha value is -3.08. The highest BCUT2D eigenvalue weighted by Crippen LogP contribution is 2.23. The van der Waals surface area contributed by atoms with E-state index >= 15 is 0 Å². The minimum Gasteiger partial charge on any atom is -0.448 e. The molecule has 1 heterocycles. The van der Waals surface area contributed by atoms with E-state index in [-0.39, 0.29) is 5.91 Å². The molecule has 0 aliphatic heterocycles. The standard InChI is InChI=1S/C18H16N2O3/c1-12(23-18(22)16-10-5-11-19-16)17(21)20-15-9-4-7-13-6-2-3-8-14(13)15/h2-12,19H,1H3,(H,20,21)/t12-/m1/s1. The largest absolute Gasteiger partial charge is 0.448 e. The Balaban J connectivity index is 1.72. The van der Waals surface area contributed by atoms with Gasteiger partial charge >= 0.3 is 5.97 Å². The lowest BCUT2D eigenvalue weighted by atomic mass is 10.1. The number of H-pyrrole nitrogens is 1. The third kappa shape index (κ3) is 3.23. The van der Waals surface area contributed by atoms with Crippen LogP contribution in [-0.4, -0.2) is 23.0 Å². The van der Waals surface area contributed by atoms with Gasteiger partial charge in [-0.3, -0.25) is 4.79 Å². The fraction of sp³-hybridized carbons (Fsp3) is 0.111. The Morgan fingerprint density at radius 2 is 1.83 bits per heavy atom. The van der Waals surface area contributed by atoms with Crippen molar-refractivity contribution < 1.29 is 14.3 Å². The Kier molecular flexibility index (Phi) is 4.10. The van der Waals surface area contributed by atoms with Gasteiger partial charge in [-0.1, -0.05) is 36.4 Å². The predicted octanol–water partition coefficient (Wildman–Crippen LogP) is 3.35. The summed E-state index contributed by atoms with van der Waals surface area (Å²) in [5.74, 6) is -0.933. The molecule has 1 amide bonds. The summed E-state index contributed by atoms with van der Waals surface area (Å²) in [5, 5.41) is 4.77. The number of rotatable bonds is 4. The molecular formula is C18H16N2O3. The summed E-state index contributed by atoms with van der Waals surface area (Å²) in [6.45, 7) is 1.54. The van der Waals surface area contributed by atoms with Crippen molar-refractivity contribution in [2.75, 3.05) is 5.32 Å². The van der Waals surface area contributed by atoms with Crippen LogP contribution in [0.5, 0.6) is 0 Å².